The summed E-state index contributed by atoms with van der Waals surface area (Å²) in [6.07, 6.45) is 6.53. The fraction of sp³-hybridized carbons (Fsp3) is 0.867. The van der Waals surface area contributed by atoms with E-state index in [4.69, 9.17) is 0 Å². The molecule has 0 radical (unpaired) electrons. The van der Waals surface area contributed by atoms with Gasteiger partial charge >= 0.3 is 0 Å². The highest BCUT2D eigenvalue weighted by Crippen LogP contribution is 2.29. The highest BCUT2D eigenvalue weighted by molar-refractivity contribution is 7.88. The molecule has 1 aliphatic carbocycles. The molecule has 0 spiro atoms. The molecule has 8 heteroatoms. The van der Waals surface area contributed by atoms with Crippen LogP contribution in [0.2, 0.25) is 0 Å². The van der Waals surface area contributed by atoms with E-state index in [1.165, 1.54) is 6.92 Å². The molecular formula is C15H27N3O4S. The van der Waals surface area contributed by atoms with Gasteiger partial charge in [0.1, 0.15) is 6.04 Å². The number of nitrogens with one attached hydrogen (secondary N) is 2. The van der Waals surface area contributed by atoms with Crippen molar-refractivity contribution in [1.82, 2.24) is 14.9 Å². The first-order chi connectivity index (χ1) is 10.8. The molecule has 132 valence electrons. The lowest BCUT2D eigenvalue weighted by Gasteiger charge is -2.35. The van der Waals surface area contributed by atoms with Crippen LogP contribution in [0.3, 0.4) is 0 Å². The summed E-state index contributed by atoms with van der Waals surface area (Å²) in [6.45, 7) is 2.49. The third-order valence-electron chi connectivity index (χ3n) is 4.68. The molecule has 0 aromatic heterocycles. The van der Waals surface area contributed by atoms with E-state index in [-0.39, 0.29) is 23.8 Å². The number of amides is 2. The zero-order chi connectivity index (χ0) is 17.0. The smallest absolute Gasteiger partial charge is 0.245 e. The lowest BCUT2D eigenvalue weighted by atomic mass is 9.95. The van der Waals surface area contributed by atoms with E-state index >= 15 is 0 Å². The summed E-state index contributed by atoms with van der Waals surface area (Å²) in [7, 11) is -3.22. The number of rotatable bonds is 5. The molecule has 1 saturated carbocycles. The van der Waals surface area contributed by atoms with Crippen molar-refractivity contribution in [3.05, 3.63) is 0 Å². The standard InChI is InChI=1S/C15H27N3O4S/c1-11(19)16-14(12-5-3-4-6-12)15(20)18-9-7-13(8-10-18)17-23(2,21)22/h12-14,17H,3-10H2,1-2H3,(H,16,19)/t14-/m1/s1. The minimum absolute atomic E-state index is 0.0232. The maximum absolute atomic E-state index is 12.8. The summed E-state index contributed by atoms with van der Waals surface area (Å²) >= 11 is 0. The molecule has 1 heterocycles. The molecule has 1 atom stereocenters. The first-order valence-electron chi connectivity index (χ1n) is 8.29. The first kappa shape index (κ1) is 18.2. The Bertz CT molecular complexity index is 535. The van der Waals surface area contributed by atoms with E-state index < -0.39 is 16.1 Å². The summed E-state index contributed by atoms with van der Waals surface area (Å²) < 4.78 is 25.2. The van der Waals surface area contributed by atoms with Gasteiger partial charge in [0, 0.05) is 26.1 Å². The molecule has 1 saturated heterocycles. The third kappa shape index (κ3) is 5.46. The number of carbonyl (C=O) groups is 2. The molecule has 0 aromatic carbocycles. The normalized spacial score (nSPS) is 22.1. The SMILES string of the molecule is CC(=O)N[C@@H](C(=O)N1CCC(NS(C)(=O)=O)CC1)C1CCCC1. The number of hydrogen-bond donors (Lipinski definition) is 2. The van der Waals surface area contributed by atoms with Gasteiger partial charge in [0.05, 0.1) is 6.26 Å². The highest BCUT2D eigenvalue weighted by atomic mass is 32.2. The van der Waals surface area contributed by atoms with Crippen molar-refractivity contribution in [3.63, 3.8) is 0 Å². The Morgan fingerprint density at radius 1 is 1.09 bits per heavy atom. The van der Waals surface area contributed by atoms with E-state index in [9.17, 15) is 18.0 Å². The zero-order valence-electron chi connectivity index (χ0n) is 13.9. The maximum Gasteiger partial charge on any atom is 0.245 e. The molecular weight excluding hydrogens is 318 g/mol. The Hall–Kier alpha value is -1.15. The monoisotopic (exact) mass is 345 g/mol. The van der Waals surface area contributed by atoms with Crippen molar-refractivity contribution >= 4 is 21.8 Å². The van der Waals surface area contributed by atoms with Crippen molar-refractivity contribution in [2.24, 2.45) is 5.92 Å². The Balaban J connectivity index is 1.94. The van der Waals surface area contributed by atoms with Crippen LogP contribution in [0.5, 0.6) is 0 Å². The Morgan fingerprint density at radius 2 is 1.65 bits per heavy atom. The number of hydrogen-bond acceptors (Lipinski definition) is 4. The molecule has 7 nitrogen and oxygen atoms in total. The van der Waals surface area contributed by atoms with Crippen LogP contribution in [0.15, 0.2) is 0 Å². The van der Waals surface area contributed by atoms with Gasteiger partial charge in [-0.2, -0.15) is 0 Å². The molecule has 0 aromatic rings. The van der Waals surface area contributed by atoms with Crippen molar-refractivity contribution in [1.29, 1.82) is 0 Å². The predicted octanol–water partition coefficient (Wildman–Crippen LogP) is 0.222. The Kier molecular flexibility index (Phi) is 6.02. The first-order valence-corrected chi connectivity index (χ1v) is 10.2. The lowest BCUT2D eigenvalue weighted by Crippen LogP contribution is -2.54. The quantitative estimate of drug-likeness (QED) is 0.745. The molecule has 2 aliphatic rings. The van der Waals surface area contributed by atoms with Gasteiger partial charge in [-0.25, -0.2) is 13.1 Å². The van der Waals surface area contributed by atoms with Crippen LogP contribution >= 0.6 is 0 Å². The van der Waals surface area contributed by atoms with Crippen LogP contribution in [0, 0.1) is 5.92 Å². The number of sulfonamides is 1. The second kappa shape index (κ2) is 7.61. The van der Waals surface area contributed by atoms with E-state index in [1.807, 2.05) is 0 Å². The minimum Gasteiger partial charge on any atom is -0.344 e. The molecule has 2 N–H and O–H groups in total. The summed E-state index contributed by atoms with van der Waals surface area (Å²) in [4.78, 5) is 26.0. The summed E-state index contributed by atoms with van der Waals surface area (Å²) in [6, 6.07) is -0.547. The Morgan fingerprint density at radius 3 is 2.13 bits per heavy atom. The van der Waals surface area contributed by atoms with Crippen molar-refractivity contribution in [2.75, 3.05) is 19.3 Å². The lowest BCUT2D eigenvalue weighted by molar-refractivity contribution is -0.138. The van der Waals surface area contributed by atoms with Crippen LogP contribution in [0.4, 0.5) is 0 Å². The summed E-state index contributed by atoms with van der Waals surface area (Å²) in [5, 5.41) is 2.83. The second-order valence-electron chi connectivity index (χ2n) is 6.71. The molecule has 2 rings (SSSR count). The van der Waals surface area contributed by atoms with Gasteiger partial charge in [0.2, 0.25) is 21.8 Å². The number of carbonyl (C=O) groups excluding carboxylic acids is 2. The van der Waals surface area contributed by atoms with Crippen LogP contribution in [-0.4, -0.2) is 56.6 Å². The number of likely N-dealkylation sites (tertiary alicyclic amines) is 1. The summed E-state index contributed by atoms with van der Waals surface area (Å²) in [5.41, 5.74) is 0. The molecule has 1 aliphatic heterocycles. The van der Waals surface area contributed by atoms with Crippen LogP contribution in [-0.2, 0) is 19.6 Å². The maximum atomic E-state index is 12.8. The summed E-state index contributed by atoms with van der Waals surface area (Å²) in [5.74, 6) is 0.0204. The van der Waals surface area contributed by atoms with Gasteiger partial charge in [0.15, 0.2) is 0 Å². The van der Waals surface area contributed by atoms with Crippen LogP contribution < -0.4 is 10.0 Å². The van der Waals surface area contributed by atoms with Gasteiger partial charge in [-0.1, -0.05) is 12.8 Å². The van der Waals surface area contributed by atoms with Gasteiger partial charge in [0.25, 0.3) is 0 Å². The van der Waals surface area contributed by atoms with Crippen molar-refractivity contribution in [3.8, 4) is 0 Å². The molecule has 23 heavy (non-hydrogen) atoms. The minimum atomic E-state index is -3.22. The topological polar surface area (TPSA) is 95.6 Å². The average molecular weight is 345 g/mol. The fourth-order valence-electron chi connectivity index (χ4n) is 3.61. The van der Waals surface area contributed by atoms with Gasteiger partial charge in [-0.3, -0.25) is 9.59 Å². The largest absolute Gasteiger partial charge is 0.344 e. The number of piperidine rings is 1. The molecule has 0 bridgehead atoms. The molecule has 2 amide bonds. The highest BCUT2D eigenvalue weighted by Gasteiger charge is 2.35. The fourth-order valence-corrected chi connectivity index (χ4v) is 4.45. The van der Waals surface area contributed by atoms with Gasteiger partial charge < -0.3 is 10.2 Å². The van der Waals surface area contributed by atoms with E-state index in [0.717, 1.165) is 31.9 Å². The van der Waals surface area contributed by atoms with Gasteiger partial charge in [-0.15, -0.1) is 0 Å². The van der Waals surface area contributed by atoms with Crippen molar-refractivity contribution < 1.29 is 18.0 Å². The zero-order valence-corrected chi connectivity index (χ0v) is 14.7. The van der Waals surface area contributed by atoms with E-state index in [2.05, 4.69) is 10.0 Å². The number of nitrogens with zero attached hydrogens (tertiary/aromatic N) is 1. The second-order valence-corrected chi connectivity index (χ2v) is 8.49. The molecule has 0 unspecified atom stereocenters. The third-order valence-corrected chi connectivity index (χ3v) is 5.44. The predicted molar refractivity (Wildman–Crippen MR) is 87.1 cm³/mol. The van der Waals surface area contributed by atoms with Crippen LogP contribution in [0.25, 0.3) is 0 Å². The Labute approximate surface area is 138 Å². The van der Waals surface area contributed by atoms with E-state index in [1.54, 1.807) is 4.90 Å². The average Bonchev–Trinajstić information content (AvgIpc) is 2.97. The van der Waals surface area contributed by atoms with Crippen LogP contribution in [0.1, 0.15) is 45.4 Å². The van der Waals surface area contributed by atoms with Gasteiger partial charge in [-0.05, 0) is 31.6 Å². The van der Waals surface area contributed by atoms with Crippen molar-refractivity contribution in [2.45, 2.75) is 57.5 Å². The van der Waals surface area contributed by atoms with E-state index in [0.29, 0.717) is 25.9 Å². The molecule has 2 fully saturated rings.